The van der Waals surface area contributed by atoms with Crippen LogP contribution in [0, 0.1) is 24.1 Å². The summed E-state index contributed by atoms with van der Waals surface area (Å²) in [5.41, 5.74) is 1.62. The van der Waals surface area contributed by atoms with Gasteiger partial charge in [0.05, 0.1) is 11.8 Å². The zero-order chi connectivity index (χ0) is 14.7. The number of hydrogen-bond acceptors (Lipinski definition) is 3. The van der Waals surface area contributed by atoms with E-state index in [1.807, 2.05) is 13.8 Å². The molecule has 102 valence electrons. The molecule has 1 aromatic carbocycles. The van der Waals surface area contributed by atoms with Gasteiger partial charge >= 0.3 is 0 Å². The van der Waals surface area contributed by atoms with Crippen molar-refractivity contribution in [3.8, 4) is 17.3 Å². The molecule has 1 heterocycles. The zero-order valence-corrected chi connectivity index (χ0v) is 12.8. The van der Waals surface area contributed by atoms with Crippen LogP contribution in [0.1, 0.15) is 30.8 Å². The second kappa shape index (κ2) is 6.10. The number of aromatic nitrogens is 2. The van der Waals surface area contributed by atoms with Crippen molar-refractivity contribution in [1.29, 1.82) is 5.26 Å². The lowest BCUT2D eigenvalue weighted by atomic mass is 10.1. The minimum Gasteiger partial charge on any atom is -0.237 e. The van der Waals surface area contributed by atoms with Crippen LogP contribution >= 0.6 is 15.9 Å². The SMILES string of the molecule is CCC(C#N)c1nc(C)cc(-c2cc(Br)ccc2F)n1. The first kappa shape index (κ1) is 14.6. The molecule has 0 spiro atoms. The molecule has 0 bridgehead atoms. The molecule has 2 rings (SSSR count). The van der Waals surface area contributed by atoms with Crippen LogP contribution in [-0.2, 0) is 0 Å². The minimum atomic E-state index is -0.371. The van der Waals surface area contributed by atoms with Gasteiger partial charge in [-0.05, 0) is 37.6 Å². The topological polar surface area (TPSA) is 49.6 Å². The zero-order valence-electron chi connectivity index (χ0n) is 11.2. The normalized spacial score (nSPS) is 11.9. The Morgan fingerprint density at radius 3 is 2.75 bits per heavy atom. The van der Waals surface area contributed by atoms with Gasteiger partial charge in [-0.15, -0.1) is 0 Å². The minimum absolute atomic E-state index is 0.345. The van der Waals surface area contributed by atoms with Crippen molar-refractivity contribution in [1.82, 2.24) is 9.97 Å². The summed E-state index contributed by atoms with van der Waals surface area (Å²) in [7, 11) is 0. The van der Waals surface area contributed by atoms with Crippen molar-refractivity contribution in [3.05, 3.63) is 46.1 Å². The number of aryl methyl sites for hydroxylation is 1. The summed E-state index contributed by atoms with van der Waals surface area (Å²) in [4.78, 5) is 8.64. The highest BCUT2D eigenvalue weighted by Gasteiger charge is 2.15. The number of nitrogens with zero attached hydrogens (tertiary/aromatic N) is 3. The summed E-state index contributed by atoms with van der Waals surface area (Å²) in [6.45, 7) is 3.72. The molecule has 1 unspecified atom stereocenters. The van der Waals surface area contributed by atoms with Crippen LogP contribution in [0.5, 0.6) is 0 Å². The average molecular weight is 334 g/mol. The van der Waals surface area contributed by atoms with E-state index in [0.29, 0.717) is 23.5 Å². The molecule has 0 saturated carbocycles. The predicted molar refractivity (Wildman–Crippen MR) is 78.5 cm³/mol. The van der Waals surface area contributed by atoms with E-state index in [-0.39, 0.29) is 11.7 Å². The molecule has 2 aromatic rings. The van der Waals surface area contributed by atoms with Gasteiger partial charge in [-0.25, -0.2) is 14.4 Å². The second-order valence-corrected chi connectivity index (χ2v) is 5.38. The van der Waals surface area contributed by atoms with Gasteiger partial charge in [-0.1, -0.05) is 22.9 Å². The number of rotatable bonds is 3. The molecule has 1 atom stereocenters. The average Bonchev–Trinajstić information content (AvgIpc) is 2.42. The lowest BCUT2D eigenvalue weighted by Crippen LogP contribution is -2.04. The van der Waals surface area contributed by atoms with Crippen LogP contribution in [0.15, 0.2) is 28.7 Å². The van der Waals surface area contributed by atoms with Crippen LogP contribution in [0.2, 0.25) is 0 Å². The number of halogens is 2. The fraction of sp³-hybridized carbons (Fsp3) is 0.267. The second-order valence-electron chi connectivity index (χ2n) is 4.47. The Morgan fingerprint density at radius 1 is 1.35 bits per heavy atom. The molecule has 3 nitrogen and oxygen atoms in total. The van der Waals surface area contributed by atoms with Crippen LogP contribution in [0.3, 0.4) is 0 Å². The van der Waals surface area contributed by atoms with E-state index < -0.39 is 0 Å². The van der Waals surface area contributed by atoms with Gasteiger partial charge in [0, 0.05) is 15.7 Å². The molecular formula is C15H13BrFN3. The molecule has 0 N–H and O–H groups in total. The van der Waals surface area contributed by atoms with Gasteiger partial charge in [0.25, 0.3) is 0 Å². The van der Waals surface area contributed by atoms with Crippen molar-refractivity contribution >= 4 is 15.9 Å². The molecule has 0 radical (unpaired) electrons. The predicted octanol–water partition coefficient (Wildman–Crippen LogP) is 4.37. The number of hydrogen-bond donors (Lipinski definition) is 0. The number of benzene rings is 1. The monoisotopic (exact) mass is 333 g/mol. The Bertz CT molecular complexity index is 679. The first-order valence-corrected chi connectivity index (χ1v) is 7.05. The lowest BCUT2D eigenvalue weighted by Gasteiger charge is -2.10. The summed E-state index contributed by atoms with van der Waals surface area (Å²) in [6.07, 6.45) is 0.625. The third kappa shape index (κ3) is 3.02. The molecule has 5 heteroatoms. The summed E-state index contributed by atoms with van der Waals surface area (Å²) < 4.78 is 14.7. The highest BCUT2D eigenvalue weighted by Crippen LogP contribution is 2.26. The Labute approximate surface area is 125 Å². The van der Waals surface area contributed by atoms with E-state index in [1.54, 1.807) is 18.2 Å². The van der Waals surface area contributed by atoms with E-state index in [1.165, 1.54) is 6.07 Å². The van der Waals surface area contributed by atoms with Crippen LogP contribution in [0.25, 0.3) is 11.3 Å². The molecule has 0 saturated heterocycles. The molecule has 0 amide bonds. The smallest absolute Gasteiger partial charge is 0.146 e. The maximum Gasteiger partial charge on any atom is 0.146 e. The molecule has 20 heavy (non-hydrogen) atoms. The van der Waals surface area contributed by atoms with E-state index >= 15 is 0 Å². The van der Waals surface area contributed by atoms with Crippen molar-refractivity contribution in [2.45, 2.75) is 26.2 Å². The van der Waals surface area contributed by atoms with Gasteiger partial charge in [0.1, 0.15) is 17.6 Å². The lowest BCUT2D eigenvalue weighted by molar-refractivity contribution is 0.630. The summed E-state index contributed by atoms with van der Waals surface area (Å²) in [5, 5.41) is 9.12. The summed E-state index contributed by atoms with van der Waals surface area (Å²) in [6, 6.07) is 8.59. The van der Waals surface area contributed by atoms with E-state index in [9.17, 15) is 4.39 Å². The van der Waals surface area contributed by atoms with Crippen LogP contribution < -0.4 is 0 Å². The maximum absolute atomic E-state index is 13.9. The molecular weight excluding hydrogens is 321 g/mol. The van der Waals surface area contributed by atoms with Crippen molar-refractivity contribution in [2.75, 3.05) is 0 Å². The van der Waals surface area contributed by atoms with E-state index in [0.717, 1.165) is 10.2 Å². The Morgan fingerprint density at radius 2 is 2.10 bits per heavy atom. The van der Waals surface area contributed by atoms with Gasteiger partial charge in [-0.3, -0.25) is 0 Å². The molecule has 0 aliphatic carbocycles. The van der Waals surface area contributed by atoms with Crippen LogP contribution in [-0.4, -0.2) is 9.97 Å². The van der Waals surface area contributed by atoms with Gasteiger partial charge < -0.3 is 0 Å². The highest BCUT2D eigenvalue weighted by atomic mass is 79.9. The van der Waals surface area contributed by atoms with E-state index in [4.69, 9.17) is 5.26 Å². The van der Waals surface area contributed by atoms with Crippen LogP contribution in [0.4, 0.5) is 4.39 Å². The van der Waals surface area contributed by atoms with Crippen molar-refractivity contribution < 1.29 is 4.39 Å². The quantitative estimate of drug-likeness (QED) is 0.837. The van der Waals surface area contributed by atoms with E-state index in [2.05, 4.69) is 32.0 Å². The van der Waals surface area contributed by atoms with Gasteiger partial charge in [0.2, 0.25) is 0 Å². The molecule has 0 aliphatic rings. The van der Waals surface area contributed by atoms with Crippen molar-refractivity contribution in [2.24, 2.45) is 0 Å². The third-order valence-corrected chi connectivity index (χ3v) is 3.44. The number of nitriles is 1. The summed E-state index contributed by atoms with van der Waals surface area (Å²) in [5.74, 6) is -0.268. The standard InChI is InChI=1S/C15H13BrFN3/c1-3-10(8-18)15-19-9(2)6-14(20-15)12-7-11(16)4-5-13(12)17/h4-7,10H,3H2,1-2H3. The Hall–Kier alpha value is -1.80. The highest BCUT2D eigenvalue weighted by molar-refractivity contribution is 9.10. The maximum atomic E-state index is 13.9. The first-order chi connectivity index (χ1) is 9.55. The fourth-order valence-corrected chi connectivity index (χ4v) is 2.27. The molecule has 0 aliphatic heterocycles. The molecule has 1 aromatic heterocycles. The van der Waals surface area contributed by atoms with Gasteiger partial charge in [-0.2, -0.15) is 5.26 Å². The Balaban J connectivity index is 2.58. The third-order valence-electron chi connectivity index (χ3n) is 2.95. The Kier molecular flexibility index (Phi) is 4.46. The van der Waals surface area contributed by atoms with Gasteiger partial charge in [0.15, 0.2) is 0 Å². The van der Waals surface area contributed by atoms with Crippen molar-refractivity contribution in [3.63, 3.8) is 0 Å². The summed E-state index contributed by atoms with van der Waals surface area (Å²) >= 11 is 3.32. The first-order valence-electron chi connectivity index (χ1n) is 6.25. The fourth-order valence-electron chi connectivity index (χ4n) is 1.91. The molecule has 0 fully saturated rings. The largest absolute Gasteiger partial charge is 0.237 e.